The van der Waals surface area contributed by atoms with Crippen molar-refractivity contribution in [3.8, 4) is 0 Å². The molecule has 0 unspecified atom stereocenters. The van der Waals surface area contributed by atoms with Gasteiger partial charge in [-0.25, -0.2) is 0 Å². The molecule has 1 saturated heterocycles. The van der Waals surface area contributed by atoms with E-state index in [1.807, 2.05) is 0 Å². The van der Waals surface area contributed by atoms with Crippen LogP contribution in [-0.2, 0) is 19.4 Å². The van der Waals surface area contributed by atoms with Gasteiger partial charge in [-0.05, 0) is 0 Å². The van der Waals surface area contributed by atoms with Crippen LogP contribution in [0.2, 0.25) is 0 Å². The van der Waals surface area contributed by atoms with Crippen LogP contribution >= 0.6 is 0 Å². The summed E-state index contributed by atoms with van der Waals surface area (Å²) in [4.78, 5) is 27.9. The van der Waals surface area contributed by atoms with E-state index >= 15 is 0 Å². The van der Waals surface area contributed by atoms with Crippen molar-refractivity contribution in [1.29, 1.82) is 0 Å². The number of carbonyl (C=O) groups is 2. The maximum atomic E-state index is 11.4. The van der Waals surface area contributed by atoms with E-state index in [1.54, 1.807) is 0 Å². The fraction of sp³-hybridized carbons (Fsp3) is 0.500. The lowest BCUT2D eigenvalue weighted by molar-refractivity contribution is -0.134. The van der Waals surface area contributed by atoms with Crippen LogP contribution in [0, 0.1) is 0 Å². The van der Waals surface area contributed by atoms with Gasteiger partial charge in [-0.15, -0.1) is 0 Å². The number of halogens is 3. The fourth-order valence-electron chi connectivity index (χ4n) is 0.355. The van der Waals surface area contributed by atoms with E-state index in [2.05, 4.69) is 9.78 Å². The van der Waals surface area contributed by atoms with E-state index in [1.165, 1.54) is 0 Å². The van der Waals surface area contributed by atoms with E-state index < -0.39 is 24.5 Å². The van der Waals surface area contributed by atoms with Crippen LogP contribution in [0.4, 0.5) is 13.8 Å². The molecule has 0 bridgehead atoms. The lowest BCUT2D eigenvalue weighted by atomic mass is 10.3. The minimum absolute atomic E-state index is 0. The van der Waals surface area contributed by atoms with E-state index in [0.29, 0.717) is 0 Å². The molecule has 0 saturated carbocycles. The van der Waals surface area contributed by atoms with Crippen LogP contribution in [0.1, 0.15) is 6.42 Å². The molecule has 0 N–H and O–H groups in total. The van der Waals surface area contributed by atoms with Crippen molar-refractivity contribution in [3.63, 3.8) is 0 Å². The van der Waals surface area contributed by atoms with Gasteiger partial charge in [0.1, 0.15) is 6.42 Å². The van der Waals surface area contributed by atoms with Crippen molar-refractivity contribution in [2.45, 2.75) is 12.7 Å². The van der Waals surface area contributed by atoms with Crippen LogP contribution in [0.15, 0.2) is 0 Å². The highest BCUT2D eigenvalue weighted by Crippen LogP contribution is 2.14. The lowest BCUT2D eigenvalue weighted by Crippen LogP contribution is -2.09. The zero-order valence-electron chi connectivity index (χ0n) is 5.11. The molecule has 0 aliphatic carbocycles. The molecule has 1 rings (SSSR count). The van der Waals surface area contributed by atoms with E-state index in [-0.39, 0.29) is 9.41 Å². The third-order valence-electron chi connectivity index (χ3n) is 0.769. The lowest BCUT2D eigenvalue weighted by Gasteiger charge is -1.81. The van der Waals surface area contributed by atoms with Crippen molar-refractivity contribution in [1.82, 2.24) is 0 Å². The number of hydrogen-bond donors (Lipinski definition) is 0. The largest absolute Gasteiger partial charge is 0.309 e. The number of rotatable bonds is 3. The Morgan fingerprint density at radius 3 is 2.00 bits per heavy atom. The Labute approximate surface area is 58.9 Å². The molecule has 0 spiro atoms. The Balaban J connectivity index is 0. The van der Waals surface area contributed by atoms with E-state index in [4.69, 9.17) is 0 Å². The molecule has 66 valence electrons. The monoisotopic (exact) mass is 174 g/mol. The van der Waals surface area contributed by atoms with Gasteiger partial charge in [0.2, 0.25) is 5.78 Å². The second kappa shape index (κ2) is 4.80. The highest BCUT2D eigenvalue weighted by Gasteiger charge is 2.35. The minimum atomic E-state index is -1.67. The van der Waals surface area contributed by atoms with Crippen molar-refractivity contribution in [2.75, 3.05) is 0 Å². The average molecular weight is 174 g/mol. The molecule has 1 heterocycles. The molecule has 0 aromatic heterocycles. The number of hydrogen-bond acceptors (Lipinski definition) is 4. The molecular weight excluding hydrogens is 169 g/mol. The van der Waals surface area contributed by atoms with Gasteiger partial charge >= 0.3 is 6.04 Å². The number of carbonyl (C=O) groups excluding carboxylic acids is 2. The molecule has 4 nitrogen and oxygen atoms in total. The molecule has 1 aliphatic rings. The van der Waals surface area contributed by atoms with Crippen molar-refractivity contribution < 1.29 is 33.2 Å². The van der Waals surface area contributed by atoms with Gasteiger partial charge in [-0.1, -0.05) is 0 Å². The van der Waals surface area contributed by atoms with E-state index in [0.717, 1.165) is 0 Å². The summed E-state index contributed by atoms with van der Waals surface area (Å²) in [6, 6.07) is -1.67. The van der Waals surface area contributed by atoms with Gasteiger partial charge in [-0.2, -0.15) is 14.2 Å². The van der Waals surface area contributed by atoms with Crippen LogP contribution in [0.3, 0.4) is 0 Å². The SMILES string of the molecule is F.F.O=C(F)CC(=O)C1OO1. The van der Waals surface area contributed by atoms with E-state index in [9.17, 15) is 14.0 Å². The third-order valence-corrected chi connectivity index (χ3v) is 0.769. The summed E-state index contributed by atoms with van der Waals surface area (Å²) in [7, 11) is 0. The first-order valence-corrected chi connectivity index (χ1v) is 2.23. The van der Waals surface area contributed by atoms with Crippen molar-refractivity contribution in [2.24, 2.45) is 0 Å². The Kier molecular flexibility index (Phi) is 5.55. The Hall–Kier alpha value is -0.950. The fourth-order valence-corrected chi connectivity index (χ4v) is 0.355. The van der Waals surface area contributed by atoms with Gasteiger partial charge < -0.3 is 0 Å². The van der Waals surface area contributed by atoms with Crippen molar-refractivity contribution >= 4 is 11.8 Å². The molecule has 0 atom stereocenters. The second-order valence-corrected chi connectivity index (χ2v) is 1.52. The van der Waals surface area contributed by atoms with Crippen LogP contribution < -0.4 is 0 Å². The van der Waals surface area contributed by atoms with Crippen LogP contribution in [0.5, 0.6) is 0 Å². The summed E-state index contributed by atoms with van der Waals surface area (Å²) in [5.74, 6) is -0.678. The first-order chi connectivity index (χ1) is 4.20. The second-order valence-electron chi connectivity index (χ2n) is 1.52. The highest BCUT2D eigenvalue weighted by molar-refractivity contribution is 5.97. The smallest absolute Gasteiger partial charge is 0.293 e. The van der Waals surface area contributed by atoms with Gasteiger partial charge in [-0.3, -0.25) is 19.0 Å². The molecule has 7 heteroatoms. The average Bonchev–Trinajstić information content (AvgIpc) is 2.40. The number of Topliss-reactive ketones (excluding diaryl/α,β-unsaturated/α-hetero) is 1. The molecule has 11 heavy (non-hydrogen) atoms. The Morgan fingerprint density at radius 1 is 1.27 bits per heavy atom. The molecule has 0 radical (unpaired) electrons. The van der Waals surface area contributed by atoms with Crippen molar-refractivity contribution in [3.05, 3.63) is 0 Å². The minimum Gasteiger partial charge on any atom is -0.293 e. The molecule has 0 aromatic rings. The summed E-state index contributed by atoms with van der Waals surface area (Å²) in [6.07, 6.45) is -1.75. The summed E-state index contributed by atoms with van der Waals surface area (Å²) in [5, 5.41) is 0. The summed E-state index contributed by atoms with van der Waals surface area (Å²) in [6.45, 7) is 0. The first-order valence-electron chi connectivity index (χ1n) is 2.23. The highest BCUT2D eigenvalue weighted by atomic mass is 19.1. The topological polar surface area (TPSA) is 59.2 Å². The molecule has 1 fully saturated rings. The zero-order chi connectivity index (χ0) is 6.85. The maximum absolute atomic E-state index is 11.4. The van der Waals surface area contributed by atoms with Crippen LogP contribution in [-0.4, -0.2) is 18.1 Å². The predicted molar refractivity (Wildman–Crippen MR) is 26.7 cm³/mol. The van der Waals surface area contributed by atoms with Gasteiger partial charge in [0, 0.05) is 0 Å². The van der Waals surface area contributed by atoms with Crippen LogP contribution in [0.25, 0.3) is 0 Å². The molecule has 0 amide bonds. The molecule has 1 aliphatic heterocycles. The molecular formula is C4H5F3O4. The van der Waals surface area contributed by atoms with Gasteiger partial charge in [0.05, 0.1) is 0 Å². The summed E-state index contributed by atoms with van der Waals surface area (Å²) in [5.41, 5.74) is 0. The molecule has 0 aromatic carbocycles. The standard InChI is InChI=1S/C4H3FO4.2FH/c5-3(7)1-2(6)4-8-9-4;;/h4H,1H2;2*1H. The van der Waals surface area contributed by atoms with Gasteiger partial charge in [0.25, 0.3) is 6.29 Å². The normalized spacial score (nSPS) is 14.3. The summed E-state index contributed by atoms with van der Waals surface area (Å²) >= 11 is 0. The summed E-state index contributed by atoms with van der Waals surface area (Å²) < 4.78 is 11.4. The number of ketones is 1. The first kappa shape index (κ1) is 12.7. The van der Waals surface area contributed by atoms with Gasteiger partial charge in [0.15, 0.2) is 0 Å². The quantitative estimate of drug-likeness (QED) is 0.262. The Morgan fingerprint density at radius 2 is 1.73 bits per heavy atom. The zero-order valence-corrected chi connectivity index (χ0v) is 5.11. The predicted octanol–water partition coefficient (Wildman–Crippen LogP) is 0.0346. The maximum Gasteiger partial charge on any atom is 0.309 e. The third kappa shape index (κ3) is 4.45. The Bertz CT molecular complexity index is 155.